The van der Waals surface area contributed by atoms with Gasteiger partial charge >= 0.3 is 5.97 Å². The summed E-state index contributed by atoms with van der Waals surface area (Å²) >= 11 is 0. The zero-order valence-electron chi connectivity index (χ0n) is 19.0. The molecule has 0 spiro atoms. The van der Waals surface area contributed by atoms with Crippen molar-refractivity contribution in [3.63, 3.8) is 0 Å². The van der Waals surface area contributed by atoms with E-state index in [2.05, 4.69) is 46.3 Å². The van der Waals surface area contributed by atoms with Crippen molar-refractivity contribution >= 4 is 22.8 Å². The van der Waals surface area contributed by atoms with Crippen molar-refractivity contribution in [2.45, 2.75) is 13.1 Å². The number of benzene rings is 4. The summed E-state index contributed by atoms with van der Waals surface area (Å²) in [4.78, 5) is 24.1. The van der Waals surface area contributed by atoms with E-state index >= 15 is 0 Å². The molecule has 0 aliphatic heterocycles. The Hall–Kier alpha value is -4.64. The standard InChI is InChI=1S/C30H24N2O3/c33-29(31-19-21-9-15-26(16-10-21)30(34)35)27-8-4-7-25-17-18-32(28(25)27)20-22-11-13-24(14-12-22)23-5-2-1-3-6-23/h1-18H,19-20H2,(H,31,33)(H,34,35). The number of carboxylic acids is 1. The number of fused-ring (bicyclic) bond motifs is 1. The minimum Gasteiger partial charge on any atom is -0.478 e. The Morgan fingerprint density at radius 3 is 2.11 bits per heavy atom. The van der Waals surface area contributed by atoms with E-state index in [1.807, 2.05) is 48.7 Å². The third-order valence-corrected chi connectivity index (χ3v) is 6.10. The molecule has 0 saturated heterocycles. The average Bonchev–Trinajstić information content (AvgIpc) is 3.31. The summed E-state index contributed by atoms with van der Waals surface area (Å²) in [7, 11) is 0. The first-order valence-electron chi connectivity index (χ1n) is 11.4. The lowest BCUT2D eigenvalue weighted by molar-refractivity contribution is 0.0696. The summed E-state index contributed by atoms with van der Waals surface area (Å²) in [5, 5.41) is 13.0. The fourth-order valence-electron chi connectivity index (χ4n) is 4.25. The van der Waals surface area contributed by atoms with Crippen LogP contribution >= 0.6 is 0 Å². The highest BCUT2D eigenvalue weighted by Crippen LogP contribution is 2.24. The monoisotopic (exact) mass is 460 g/mol. The van der Waals surface area contributed by atoms with E-state index in [1.165, 1.54) is 11.1 Å². The number of carbonyl (C=O) groups is 2. The molecule has 0 bridgehead atoms. The third-order valence-electron chi connectivity index (χ3n) is 6.10. The molecule has 0 atom stereocenters. The number of carboxylic acid groups (broad SMARTS) is 1. The molecule has 0 radical (unpaired) electrons. The van der Waals surface area contributed by atoms with Gasteiger partial charge in [0.05, 0.1) is 16.6 Å². The van der Waals surface area contributed by atoms with Crippen molar-refractivity contribution in [1.82, 2.24) is 9.88 Å². The van der Waals surface area contributed by atoms with Gasteiger partial charge in [-0.15, -0.1) is 0 Å². The Labute approximate surface area is 203 Å². The molecule has 0 saturated carbocycles. The molecular weight excluding hydrogens is 436 g/mol. The number of hydrogen-bond donors (Lipinski definition) is 2. The number of carbonyl (C=O) groups excluding carboxylic acids is 1. The molecule has 0 aliphatic rings. The maximum Gasteiger partial charge on any atom is 0.335 e. The Bertz CT molecular complexity index is 1480. The van der Waals surface area contributed by atoms with E-state index in [0.29, 0.717) is 18.7 Å². The van der Waals surface area contributed by atoms with Gasteiger partial charge in [0, 0.05) is 24.7 Å². The van der Waals surface area contributed by atoms with Crippen LogP contribution in [0.2, 0.25) is 0 Å². The van der Waals surface area contributed by atoms with Crippen LogP contribution in [0.15, 0.2) is 109 Å². The second kappa shape index (κ2) is 9.69. The van der Waals surface area contributed by atoms with Crippen LogP contribution in [0.5, 0.6) is 0 Å². The first kappa shape index (κ1) is 22.2. The number of aromatic carboxylic acids is 1. The number of hydrogen-bond acceptors (Lipinski definition) is 2. The van der Waals surface area contributed by atoms with Crippen LogP contribution in [0.4, 0.5) is 0 Å². The second-order valence-corrected chi connectivity index (χ2v) is 8.43. The summed E-state index contributed by atoms with van der Waals surface area (Å²) < 4.78 is 2.10. The highest BCUT2D eigenvalue weighted by atomic mass is 16.4. The van der Waals surface area contributed by atoms with Crippen molar-refractivity contribution < 1.29 is 14.7 Å². The molecule has 0 fully saturated rings. The summed E-state index contributed by atoms with van der Waals surface area (Å²) in [5.41, 5.74) is 6.05. The van der Waals surface area contributed by atoms with Gasteiger partial charge in [-0.05, 0) is 46.5 Å². The summed E-state index contributed by atoms with van der Waals surface area (Å²) in [6.07, 6.45) is 2.01. The van der Waals surface area contributed by atoms with E-state index in [-0.39, 0.29) is 11.5 Å². The van der Waals surface area contributed by atoms with E-state index in [0.717, 1.165) is 22.0 Å². The molecule has 5 nitrogen and oxygen atoms in total. The van der Waals surface area contributed by atoms with Gasteiger partial charge < -0.3 is 15.0 Å². The van der Waals surface area contributed by atoms with Crippen molar-refractivity contribution in [1.29, 1.82) is 0 Å². The molecule has 1 heterocycles. The van der Waals surface area contributed by atoms with Crippen LogP contribution < -0.4 is 5.32 Å². The summed E-state index contributed by atoms with van der Waals surface area (Å²) in [5.74, 6) is -1.14. The number of aromatic nitrogens is 1. The smallest absolute Gasteiger partial charge is 0.335 e. The van der Waals surface area contributed by atoms with E-state index < -0.39 is 5.97 Å². The normalized spacial score (nSPS) is 10.9. The van der Waals surface area contributed by atoms with Gasteiger partial charge in [0.15, 0.2) is 0 Å². The average molecular weight is 461 g/mol. The van der Waals surface area contributed by atoms with Gasteiger partial charge in [-0.2, -0.15) is 0 Å². The van der Waals surface area contributed by atoms with E-state index in [1.54, 1.807) is 24.3 Å². The fraction of sp³-hybridized carbons (Fsp3) is 0.0667. The summed E-state index contributed by atoms with van der Waals surface area (Å²) in [6.45, 7) is 0.969. The van der Waals surface area contributed by atoms with Crippen LogP contribution in [-0.2, 0) is 13.1 Å². The molecule has 5 heteroatoms. The molecule has 1 amide bonds. The number of amides is 1. The molecule has 5 aromatic rings. The largest absolute Gasteiger partial charge is 0.478 e. The molecule has 0 aliphatic carbocycles. The topological polar surface area (TPSA) is 71.3 Å². The molecule has 172 valence electrons. The van der Waals surface area contributed by atoms with E-state index in [9.17, 15) is 9.59 Å². The SMILES string of the molecule is O=C(O)c1ccc(CNC(=O)c2cccc3ccn(Cc4ccc(-c5ccccc5)cc4)c23)cc1. The predicted octanol–water partition coefficient (Wildman–Crippen LogP) is 5.98. The molecule has 2 N–H and O–H groups in total. The molecular formula is C30H24N2O3. The van der Waals surface area contributed by atoms with Gasteiger partial charge in [0.2, 0.25) is 0 Å². The van der Waals surface area contributed by atoms with Crippen LogP contribution in [0.3, 0.4) is 0 Å². The number of para-hydroxylation sites is 1. The number of rotatable bonds is 7. The minimum absolute atomic E-state index is 0.169. The van der Waals surface area contributed by atoms with Crippen LogP contribution in [0, 0.1) is 0 Å². The molecule has 0 unspecified atom stereocenters. The highest BCUT2D eigenvalue weighted by molar-refractivity contribution is 6.06. The van der Waals surface area contributed by atoms with Crippen molar-refractivity contribution in [3.8, 4) is 11.1 Å². The molecule has 35 heavy (non-hydrogen) atoms. The van der Waals surface area contributed by atoms with Crippen LogP contribution in [0.25, 0.3) is 22.0 Å². The Balaban J connectivity index is 1.34. The maximum absolute atomic E-state index is 13.1. The van der Waals surface area contributed by atoms with Crippen molar-refractivity contribution in [2.75, 3.05) is 0 Å². The fourth-order valence-corrected chi connectivity index (χ4v) is 4.25. The van der Waals surface area contributed by atoms with Crippen LogP contribution in [-0.4, -0.2) is 21.6 Å². The van der Waals surface area contributed by atoms with Crippen molar-refractivity contribution in [3.05, 3.63) is 132 Å². The Morgan fingerprint density at radius 2 is 1.40 bits per heavy atom. The Kier molecular flexibility index (Phi) is 6.14. The zero-order valence-corrected chi connectivity index (χ0v) is 19.0. The quantitative estimate of drug-likeness (QED) is 0.314. The lowest BCUT2D eigenvalue weighted by Gasteiger charge is -2.12. The second-order valence-electron chi connectivity index (χ2n) is 8.43. The maximum atomic E-state index is 13.1. The third kappa shape index (κ3) is 4.84. The summed E-state index contributed by atoms with van der Waals surface area (Å²) in [6, 6.07) is 33.0. The molecule has 5 rings (SSSR count). The van der Waals surface area contributed by atoms with Gasteiger partial charge in [-0.3, -0.25) is 4.79 Å². The highest BCUT2D eigenvalue weighted by Gasteiger charge is 2.14. The van der Waals surface area contributed by atoms with Crippen LogP contribution in [0.1, 0.15) is 31.8 Å². The Morgan fingerprint density at radius 1 is 0.714 bits per heavy atom. The lowest BCUT2D eigenvalue weighted by atomic mass is 10.0. The molecule has 1 aromatic heterocycles. The first-order valence-corrected chi connectivity index (χ1v) is 11.4. The van der Waals surface area contributed by atoms with Gasteiger partial charge in [0.1, 0.15) is 0 Å². The predicted molar refractivity (Wildman–Crippen MR) is 137 cm³/mol. The number of nitrogens with zero attached hydrogens (tertiary/aromatic N) is 1. The van der Waals surface area contributed by atoms with Crippen molar-refractivity contribution in [2.24, 2.45) is 0 Å². The lowest BCUT2D eigenvalue weighted by Crippen LogP contribution is -2.23. The van der Waals surface area contributed by atoms with E-state index in [4.69, 9.17) is 5.11 Å². The molecule has 4 aromatic carbocycles. The first-order chi connectivity index (χ1) is 17.1. The minimum atomic E-state index is -0.970. The zero-order chi connectivity index (χ0) is 24.2. The van der Waals surface area contributed by atoms with Gasteiger partial charge in [0.25, 0.3) is 5.91 Å². The van der Waals surface area contributed by atoms with Gasteiger partial charge in [-0.25, -0.2) is 4.79 Å². The van der Waals surface area contributed by atoms with Gasteiger partial charge in [-0.1, -0.05) is 78.9 Å². The number of nitrogens with one attached hydrogen (secondary N) is 1.